The lowest BCUT2D eigenvalue weighted by atomic mass is 9.46. The lowest BCUT2D eigenvalue weighted by Gasteiger charge is -2.57. The molecular formula is C23H33N3OS2. The van der Waals surface area contributed by atoms with Gasteiger partial charge in [-0.1, -0.05) is 46.2 Å². The van der Waals surface area contributed by atoms with E-state index in [4.69, 9.17) is 11.5 Å². The number of aliphatic imine (C=N–C) groups is 1. The smallest absolute Gasteiger partial charge is 0.186 e. The zero-order valence-corrected chi connectivity index (χ0v) is 19.0. The Kier molecular flexibility index (Phi) is 5.09. The van der Waals surface area contributed by atoms with Gasteiger partial charge in [0.2, 0.25) is 0 Å². The van der Waals surface area contributed by atoms with E-state index in [1.807, 2.05) is 21.6 Å². The average molecular weight is 432 g/mol. The van der Waals surface area contributed by atoms with Crippen LogP contribution in [0.1, 0.15) is 58.3 Å². The second kappa shape index (κ2) is 7.37. The van der Waals surface area contributed by atoms with E-state index in [0.29, 0.717) is 11.7 Å². The van der Waals surface area contributed by atoms with Gasteiger partial charge in [0.05, 0.1) is 12.0 Å². The minimum atomic E-state index is 0.107. The standard InChI is InChI=1S/C23H33N3OS2/c1-22-10-11-28-29-13-16(26-21(24)25)5-3-6-17-19-12-15(22)9-8-14-4-2-7-18(20(17)27)23(14,19)22/h2,7,14-16,18H,3-6,8-13H2,1H3,(H4,24,25,26)/t14-,15-,16+,18+,22+,23-/m1/s1. The second-order valence-corrected chi connectivity index (χ2v) is 12.5. The molecule has 6 atom stereocenters. The van der Waals surface area contributed by atoms with Gasteiger partial charge in [-0.3, -0.25) is 4.79 Å². The Balaban J connectivity index is 1.56. The number of carbonyl (C=O) groups is 1. The molecule has 1 aliphatic heterocycles. The summed E-state index contributed by atoms with van der Waals surface area (Å²) in [5.74, 6) is 4.25. The van der Waals surface area contributed by atoms with Crippen LogP contribution in [0.4, 0.5) is 0 Å². The molecule has 0 amide bonds. The Morgan fingerprint density at radius 1 is 1.21 bits per heavy atom. The minimum absolute atomic E-state index is 0.107. The van der Waals surface area contributed by atoms with E-state index < -0.39 is 0 Å². The Labute approximate surface area is 182 Å². The summed E-state index contributed by atoms with van der Waals surface area (Å²) in [6.45, 7) is 2.55. The normalized spacial score (nSPS) is 44.1. The molecule has 4 nitrogen and oxygen atoms in total. The van der Waals surface area contributed by atoms with Gasteiger partial charge in [-0.25, -0.2) is 4.99 Å². The molecule has 0 aromatic rings. The van der Waals surface area contributed by atoms with Crippen LogP contribution < -0.4 is 11.5 Å². The van der Waals surface area contributed by atoms with Crippen molar-refractivity contribution in [3.8, 4) is 0 Å². The number of ketones is 1. The first-order valence-electron chi connectivity index (χ1n) is 11.2. The number of rotatable bonds is 1. The highest BCUT2D eigenvalue weighted by atomic mass is 33.1. The largest absolute Gasteiger partial charge is 0.370 e. The van der Waals surface area contributed by atoms with Gasteiger partial charge in [0.15, 0.2) is 11.7 Å². The number of allylic oxidation sites excluding steroid dienone is 4. The van der Waals surface area contributed by atoms with Crippen LogP contribution in [-0.4, -0.2) is 29.3 Å². The van der Waals surface area contributed by atoms with Gasteiger partial charge in [-0.15, -0.1) is 0 Å². The van der Waals surface area contributed by atoms with E-state index in [0.717, 1.165) is 43.1 Å². The third kappa shape index (κ3) is 2.80. The predicted molar refractivity (Wildman–Crippen MR) is 124 cm³/mol. The number of Topliss-reactive ketones (excluding diaryl/α,β-unsaturated/α-hetero) is 1. The third-order valence-electron chi connectivity index (χ3n) is 8.83. The van der Waals surface area contributed by atoms with Gasteiger partial charge < -0.3 is 11.5 Å². The molecule has 4 N–H and O–H groups in total. The lowest BCUT2D eigenvalue weighted by molar-refractivity contribution is -0.127. The third-order valence-corrected chi connectivity index (χ3v) is 11.3. The molecule has 6 heteroatoms. The summed E-state index contributed by atoms with van der Waals surface area (Å²) < 4.78 is 0. The molecule has 0 unspecified atom stereocenters. The van der Waals surface area contributed by atoms with Crippen LogP contribution in [0.15, 0.2) is 28.3 Å². The van der Waals surface area contributed by atoms with Crippen molar-refractivity contribution in [1.29, 1.82) is 0 Å². The van der Waals surface area contributed by atoms with Crippen molar-refractivity contribution in [1.82, 2.24) is 0 Å². The van der Waals surface area contributed by atoms with Crippen molar-refractivity contribution in [3.63, 3.8) is 0 Å². The molecule has 5 aliphatic rings. The first-order valence-corrected chi connectivity index (χ1v) is 13.7. The van der Waals surface area contributed by atoms with Crippen LogP contribution in [0, 0.1) is 28.6 Å². The molecule has 2 fully saturated rings. The van der Waals surface area contributed by atoms with Crippen molar-refractivity contribution < 1.29 is 4.79 Å². The summed E-state index contributed by atoms with van der Waals surface area (Å²) in [5.41, 5.74) is 14.5. The first kappa shape index (κ1) is 20.0. The molecule has 1 spiro atoms. The van der Waals surface area contributed by atoms with Gasteiger partial charge in [-0.2, -0.15) is 0 Å². The summed E-state index contributed by atoms with van der Waals surface area (Å²) in [6, 6.07) is 0.153. The Bertz CT molecular complexity index is 802. The maximum absolute atomic E-state index is 13.7. The monoisotopic (exact) mass is 431 g/mol. The molecule has 5 bridgehead atoms. The van der Waals surface area contributed by atoms with E-state index in [1.165, 1.54) is 31.3 Å². The molecule has 1 heterocycles. The zero-order valence-electron chi connectivity index (χ0n) is 17.4. The summed E-state index contributed by atoms with van der Waals surface area (Å²) in [7, 11) is 3.90. The second-order valence-electron chi connectivity index (χ2n) is 9.88. The van der Waals surface area contributed by atoms with E-state index in [2.05, 4.69) is 24.1 Å². The van der Waals surface area contributed by atoms with E-state index in [9.17, 15) is 4.79 Å². The van der Waals surface area contributed by atoms with E-state index in [1.54, 1.807) is 5.57 Å². The van der Waals surface area contributed by atoms with Gasteiger partial charge in [0, 0.05) is 16.9 Å². The highest BCUT2D eigenvalue weighted by Crippen LogP contribution is 2.77. The molecule has 0 aromatic carbocycles. The van der Waals surface area contributed by atoms with Crippen LogP contribution in [0.3, 0.4) is 0 Å². The number of nitrogens with zero attached hydrogens (tertiary/aromatic N) is 1. The topological polar surface area (TPSA) is 81.5 Å². The van der Waals surface area contributed by atoms with Crippen LogP contribution in [-0.2, 0) is 4.79 Å². The number of carbonyl (C=O) groups excluding carboxylic acids is 1. The van der Waals surface area contributed by atoms with Crippen molar-refractivity contribution in [2.24, 2.45) is 45.0 Å². The summed E-state index contributed by atoms with van der Waals surface area (Å²) >= 11 is 0. The van der Waals surface area contributed by atoms with Gasteiger partial charge >= 0.3 is 0 Å². The zero-order chi connectivity index (χ0) is 20.2. The number of nitrogens with two attached hydrogens (primary N) is 2. The van der Waals surface area contributed by atoms with Gasteiger partial charge in [-0.05, 0) is 74.2 Å². The Hall–Kier alpha value is -0.880. The van der Waals surface area contributed by atoms with Crippen LogP contribution >= 0.6 is 21.6 Å². The van der Waals surface area contributed by atoms with Gasteiger partial charge in [0.25, 0.3) is 0 Å². The number of guanidine groups is 1. The lowest BCUT2D eigenvalue weighted by Crippen LogP contribution is -2.53. The highest BCUT2D eigenvalue weighted by Gasteiger charge is 2.71. The van der Waals surface area contributed by atoms with Crippen LogP contribution in [0.25, 0.3) is 0 Å². The predicted octanol–water partition coefficient (Wildman–Crippen LogP) is 4.46. The Morgan fingerprint density at radius 2 is 2.03 bits per heavy atom. The molecule has 5 rings (SSSR count). The van der Waals surface area contributed by atoms with Crippen molar-refractivity contribution in [2.45, 2.75) is 64.3 Å². The fourth-order valence-electron chi connectivity index (χ4n) is 7.76. The molecule has 0 aromatic heterocycles. The maximum atomic E-state index is 13.7. The first-order chi connectivity index (χ1) is 14.0. The molecule has 4 aliphatic carbocycles. The average Bonchev–Trinajstić information content (AvgIpc) is 2.96. The SMILES string of the molecule is C[C@]12CCSSC[C@@H](N=C(N)N)CCCC3=C4C[C@H]1CC[C@H]1CC=C[C@@H](C3=O)[C@@]412. The number of hydrogen-bond acceptors (Lipinski definition) is 4. The molecule has 0 radical (unpaired) electrons. The maximum Gasteiger partial charge on any atom is 0.186 e. The van der Waals surface area contributed by atoms with Crippen molar-refractivity contribution >= 4 is 33.3 Å². The van der Waals surface area contributed by atoms with Crippen molar-refractivity contribution in [2.75, 3.05) is 11.5 Å². The number of hydrogen-bond donors (Lipinski definition) is 2. The molecular weight excluding hydrogens is 398 g/mol. The summed E-state index contributed by atoms with van der Waals surface area (Å²) in [5, 5.41) is 0. The Morgan fingerprint density at radius 3 is 2.86 bits per heavy atom. The molecule has 0 saturated heterocycles. The minimum Gasteiger partial charge on any atom is -0.370 e. The molecule has 158 valence electrons. The summed E-state index contributed by atoms with van der Waals surface area (Å²) in [6.07, 6.45) is 13.7. The highest BCUT2D eigenvalue weighted by molar-refractivity contribution is 8.76. The fraction of sp³-hybridized carbons (Fsp3) is 0.739. The fourth-order valence-corrected chi connectivity index (χ4v) is 10.2. The van der Waals surface area contributed by atoms with Crippen molar-refractivity contribution in [3.05, 3.63) is 23.3 Å². The van der Waals surface area contributed by atoms with Crippen LogP contribution in [0.2, 0.25) is 0 Å². The van der Waals surface area contributed by atoms with E-state index >= 15 is 0 Å². The molecule has 29 heavy (non-hydrogen) atoms. The van der Waals surface area contributed by atoms with Gasteiger partial charge in [0.1, 0.15) is 0 Å². The summed E-state index contributed by atoms with van der Waals surface area (Å²) in [4.78, 5) is 18.1. The quantitative estimate of drug-likeness (QED) is 0.277. The van der Waals surface area contributed by atoms with E-state index in [-0.39, 0.29) is 28.7 Å². The van der Waals surface area contributed by atoms with Crippen LogP contribution in [0.5, 0.6) is 0 Å². The molecule has 2 saturated carbocycles.